The number of amides is 2. The lowest BCUT2D eigenvalue weighted by molar-refractivity contribution is 0.171. The summed E-state index contributed by atoms with van der Waals surface area (Å²) < 4.78 is 27.0. The van der Waals surface area contributed by atoms with E-state index in [1.54, 1.807) is 23.1 Å². The van der Waals surface area contributed by atoms with Gasteiger partial charge in [0.25, 0.3) is 0 Å². The van der Waals surface area contributed by atoms with Crippen molar-refractivity contribution in [3.05, 3.63) is 60.5 Å². The van der Waals surface area contributed by atoms with Gasteiger partial charge >= 0.3 is 6.03 Å². The number of aromatic nitrogens is 2. The molecule has 2 aliphatic heterocycles. The highest BCUT2D eigenvalue weighted by molar-refractivity contribution is 5.90. The number of carbonyl (C=O) groups excluding carboxylic acids is 1. The standard InChI is InChI=1S/C24H22FN5O3/c25-16-3-5-19-18(14-16)27-23(20-2-1-7-30(19)20)28-8-10-29(11-9-28)24(31)26-17-4-6-21-22(15-17)33-13-12-32-21/h1-7,14-15H,8-13H2,(H,26,31). The fraction of sp³-hybridized carbons (Fsp3) is 0.250. The monoisotopic (exact) mass is 447 g/mol. The molecule has 0 bridgehead atoms. The second-order valence-electron chi connectivity index (χ2n) is 8.09. The molecular weight excluding hydrogens is 425 g/mol. The van der Waals surface area contributed by atoms with Crippen molar-refractivity contribution >= 4 is 34.1 Å². The number of carbonyl (C=O) groups is 1. The van der Waals surface area contributed by atoms with E-state index in [-0.39, 0.29) is 11.8 Å². The van der Waals surface area contributed by atoms with Crippen LogP contribution in [-0.4, -0.2) is 59.7 Å². The molecule has 6 rings (SSSR count). The lowest BCUT2D eigenvalue weighted by Gasteiger charge is -2.35. The third kappa shape index (κ3) is 3.55. The van der Waals surface area contributed by atoms with Crippen molar-refractivity contribution in [3.8, 4) is 11.5 Å². The SMILES string of the molecule is O=C(Nc1ccc2c(c1)OCCO2)N1CCN(c2nc3cc(F)ccc3n3cccc23)CC1. The van der Waals surface area contributed by atoms with Gasteiger partial charge in [0.2, 0.25) is 0 Å². The molecule has 1 fully saturated rings. The summed E-state index contributed by atoms with van der Waals surface area (Å²) in [5.41, 5.74) is 3.09. The molecule has 2 amide bonds. The van der Waals surface area contributed by atoms with E-state index in [0.717, 1.165) is 16.9 Å². The van der Waals surface area contributed by atoms with E-state index in [4.69, 9.17) is 14.5 Å². The molecule has 168 valence electrons. The van der Waals surface area contributed by atoms with Crippen LogP contribution in [0.15, 0.2) is 54.7 Å². The normalized spacial score (nSPS) is 15.8. The van der Waals surface area contributed by atoms with E-state index in [0.29, 0.717) is 62.1 Å². The summed E-state index contributed by atoms with van der Waals surface area (Å²) >= 11 is 0. The molecule has 0 spiro atoms. The van der Waals surface area contributed by atoms with Crippen LogP contribution < -0.4 is 19.7 Å². The van der Waals surface area contributed by atoms with Crippen molar-refractivity contribution in [3.63, 3.8) is 0 Å². The zero-order valence-electron chi connectivity index (χ0n) is 17.8. The lowest BCUT2D eigenvalue weighted by atomic mass is 10.2. The fourth-order valence-corrected chi connectivity index (χ4v) is 4.41. The van der Waals surface area contributed by atoms with Gasteiger partial charge in [0.15, 0.2) is 17.3 Å². The predicted octanol–water partition coefficient (Wildman–Crippen LogP) is 3.75. The molecule has 4 heterocycles. The third-order valence-corrected chi connectivity index (χ3v) is 6.06. The second-order valence-corrected chi connectivity index (χ2v) is 8.09. The van der Waals surface area contributed by atoms with E-state index in [9.17, 15) is 9.18 Å². The van der Waals surface area contributed by atoms with Crippen molar-refractivity contribution in [1.29, 1.82) is 0 Å². The van der Waals surface area contributed by atoms with Crippen molar-refractivity contribution in [1.82, 2.24) is 14.3 Å². The van der Waals surface area contributed by atoms with Crippen LogP contribution in [0.5, 0.6) is 11.5 Å². The minimum atomic E-state index is -0.312. The van der Waals surface area contributed by atoms with Gasteiger partial charge in [-0.25, -0.2) is 14.2 Å². The molecule has 0 saturated carbocycles. The van der Waals surface area contributed by atoms with Crippen LogP contribution in [0.2, 0.25) is 0 Å². The molecule has 2 aliphatic rings. The minimum absolute atomic E-state index is 0.160. The second kappa shape index (κ2) is 7.84. The van der Waals surface area contributed by atoms with Crippen LogP contribution in [0.25, 0.3) is 16.6 Å². The summed E-state index contributed by atoms with van der Waals surface area (Å²) in [5, 5.41) is 2.94. The average Bonchev–Trinajstić information content (AvgIpc) is 3.33. The third-order valence-electron chi connectivity index (χ3n) is 6.06. The van der Waals surface area contributed by atoms with E-state index in [1.165, 1.54) is 12.1 Å². The number of nitrogens with zero attached hydrogens (tertiary/aromatic N) is 4. The number of hydrogen-bond acceptors (Lipinski definition) is 5. The Labute approximate surface area is 189 Å². The number of hydrogen-bond donors (Lipinski definition) is 1. The number of rotatable bonds is 2. The van der Waals surface area contributed by atoms with E-state index in [1.807, 2.05) is 28.8 Å². The van der Waals surface area contributed by atoms with Gasteiger partial charge in [0, 0.05) is 50.2 Å². The van der Waals surface area contributed by atoms with Gasteiger partial charge in [-0.3, -0.25) is 0 Å². The largest absolute Gasteiger partial charge is 0.486 e. The van der Waals surface area contributed by atoms with E-state index in [2.05, 4.69) is 10.2 Å². The lowest BCUT2D eigenvalue weighted by Crippen LogP contribution is -2.50. The fourth-order valence-electron chi connectivity index (χ4n) is 4.41. The Kier molecular flexibility index (Phi) is 4.67. The first-order valence-electron chi connectivity index (χ1n) is 10.9. The van der Waals surface area contributed by atoms with Crippen molar-refractivity contribution < 1.29 is 18.7 Å². The maximum absolute atomic E-state index is 13.8. The molecule has 0 unspecified atom stereocenters. The van der Waals surface area contributed by atoms with Gasteiger partial charge in [-0.15, -0.1) is 0 Å². The number of ether oxygens (including phenoxy) is 2. The number of nitrogens with one attached hydrogen (secondary N) is 1. The molecular formula is C24H22FN5O3. The summed E-state index contributed by atoms with van der Waals surface area (Å²) in [4.78, 5) is 21.5. The number of benzene rings is 2. The summed E-state index contributed by atoms with van der Waals surface area (Å²) in [6.45, 7) is 3.38. The quantitative estimate of drug-likeness (QED) is 0.507. The van der Waals surface area contributed by atoms with Crippen LogP contribution in [0.1, 0.15) is 0 Å². The Morgan fingerprint density at radius 2 is 1.76 bits per heavy atom. The van der Waals surface area contributed by atoms with Crippen molar-refractivity contribution in [2.75, 3.05) is 49.6 Å². The number of piperazine rings is 1. The highest BCUT2D eigenvalue weighted by Gasteiger charge is 2.24. The van der Waals surface area contributed by atoms with Crippen LogP contribution in [0, 0.1) is 5.82 Å². The topological polar surface area (TPSA) is 71.3 Å². The van der Waals surface area contributed by atoms with Crippen LogP contribution in [0.3, 0.4) is 0 Å². The van der Waals surface area contributed by atoms with Crippen LogP contribution in [0.4, 0.5) is 20.7 Å². The van der Waals surface area contributed by atoms with Crippen molar-refractivity contribution in [2.24, 2.45) is 0 Å². The first kappa shape index (κ1) is 19.7. The zero-order chi connectivity index (χ0) is 22.4. The molecule has 0 aliphatic carbocycles. The summed E-state index contributed by atoms with van der Waals surface area (Å²) in [6, 6.07) is 13.8. The molecule has 2 aromatic carbocycles. The predicted molar refractivity (Wildman–Crippen MR) is 123 cm³/mol. The molecule has 1 N–H and O–H groups in total. The molecule has 33 heavy (non-hydrogen) atoms. The van der Waals surface area contributed by atoms with Crippen LogP contribution >= 0.6 is 0 Å². The van der Waals surface area contributed by atoms with E-state index < -0.39 is 0 Å². The molecule has 9 heteroatoms. The smallest absolute Gasteiger partial charge is 0.321 e. The molecule has 0 radical (unpaired) electrons. The molecule has 2 aromatic heterocycles. The molecule has 8 nitrogen and oxygen atoms in total. The molecule has 0 atom stereocenters. The summed E-state index contributed by atoms with van der Waals surface area (Å²) in [7, 11) is 0. The number of fused-ring (bicyclic) bond motifs is 4. The minimum Gasteiger partial charge on any atom is -0.486 e. The first-order chi connectivity index (χ1) is 16.2. The van der Waals surface area contributed by atoms with Crippen LogP contribution in [-0.2, 0) is 0 Å². The van der Waals surface area contributed by atoms with Gasteiger partial charge in [-0.2, -0.15) is 0 Å². The Bertz CT molecular complexity index is 1360. The van der Waals surface area contributed by atoms with Crippen molar-refractivity contribution in [2.45, 2.75) is 0 Å². The van der Waals surface area contributed by atoms with E-state index >= 15 is 0 Å². The maximum Gasteiger partial charge on any atom is 0.321 e. The number of anilines is 2. The zero-order valence-corrected chi connectivity index (χ0v) is 17.8. The highest BCUT2D eigenvalue weighted by Crippen LogP contribution is 2.33. The Morgan fingerprint density at radius 3 is 2.61 bits per heavy atom. The summed E-state index contributed by atoms with van der Waals surface area (Å²) in [6.07, 6.45) is 1.96. The Balaban J connectivity index is 1.18. The van der Waals surface area contributed by atoms with Gasteiger partial charge in [-0.1, -0.05) is 0 Å². The van der Waals surface area contributed by atoms with Gasteiger partial charge in [0.05, 0.1) is 16.6 Å². The van der Waals surface area contributed by atoms with Gasteiger partial charge in [-0.05, 0) is 36.4 Å². The summed E-state index contributed by atoms with van der Waals surface area (Å²) in [5.74, 6) is 1.81. The van der Waals surface area contributed by atoms with Gasteiger partial charge in [0.1, 0.15) is 19.0 Å². The Morgan fingerprint density at radius 1 is 0.939 bits per heavy atom. The molecule has 1 saturated heterocycles. The highest BCUT2D eigenvalue weighted by atomic mass is 19.1. The van der Waals surface area contributed by atoms with Gasteiger partial charge < -0.3 is 29.0 Å². The Hall–Kier alpha value is -4.01. The molecule has 4 aromatic rings. The number of halogens is 1. The average molecular weight is 447 g/mol. The first-order valence-corrected chi connectivity index (χ1v) is 10.9. The maximum atomic E-state index is 13.8. The number of urea groups is 1.